The van der Waals surface area contributed by atoms with Crippen LogP contribution in [0.2, 0.25) is 5.02 Å². The van der Waals surface area contributed by atoms with Gasteiger partial charge in [0, 0.05) is 28.7 Å². The van der Waals surface area contributed by atoms with Crippen molar-refractivity contribution in [2.45, 2.75) is 6.42 Å². The predicted molar refractivity (Wildman–Crippen MR) is 112 cm³/mol. The number of ether oxygens (including phenoxy) is 1. The van der Waals surface area contributed by atoms with Crippen molar-refractivity contribution in [1.29, 1.82) is 0 Å². The number of nitrogens with zero attached hydrogens (tertiary/aromatic N) is 3. The number of rotatable bonds is 7. The minimum atomic E-state index is -0.277. The molecule has 0 fully saturated rings. The van der Waals surface area contributed by atoms with Crippen LogP contribution in [0.1, 0.15) is 11.5 Å². The van der Waals surface area contributed by atoms with Crippen molar-refractivity contribution in [3.05, 3.63) is 89.5 Å². The molecule has 4 rings (SSSR count). The van der Waals surface area contributed by atoms with Crippen LogP contribution in [0.25, 0.3) is 11.4 Å². The Morgan fingerprint density at radius 3 is 2.60 bits per heavy atom. The van der Waals surface area contributed by atoms with Gasteiger partial charge in [0.1, 0.15) is 5.75 Å². The second kappa shape index (κ2) is 9.19. The third kappa shape index (κ3) is 5.01. The van der Waals surface area contributed by atoms with Crippen molar-refractivity contribution in [2.24, 2.45) is 0 Å². The Bertz CT molecular complexity index is 1130. The topological polar surface area (TPSA) is 90.1 Å². The highest BCUT2D eigenvalue weighted by molar-refractivity contribution is 6.30. The number of benzene rings is 2. The van der Waals surface area contributed by atoms with E-state index in [2.05, 4.69) is 20.4 Å². The van der Waals surface area contributed by atoms with E-state index in [1.54, 1.807) is 36.7 Å². The third-order valence-electron chi connectivity index (χ3n) is 4.22. The fourth-order valence-electron chi connectivity index (χ4n) is 2.77. The number of para-hydroxylation sites is 1. The molecule has 0 spiro atoms. The molecular weight excluding hydrogens is 404 g/mol. The predicted octanol–water partition coefficient (Wildman–Crippen LogP) is 4.39. The molecule has 0 saturated heterocycles. The molecule has 0 aliphatic heterocycles. The lowest BCUT2D eigenvalue weighted by Gasteiger charge is -2.10. The maximum Gasteiger partial charge on any atom is 0.262 e. The van der Waals surface area contributed by atoms with E-state index < -0.39 is 0 Å². The molecule has 0 atom stereocenters. The highest BCUT2D eigenvalue weighted by Crippen LogP contribution is 2.21. The minimum Gasteiger partial charge on any atom is -0.484 e. The van der Waals surface area contributed by atoms with Crippen LogP contribution in [0.3, 0.4) is 0 Å². The number of aromatic nitrogens is 3. The Hall–Kier alpha value is -3.71. The molecule has 1 N–H and O–H groups in total. The van der Waals surface area contributed by atoms with Gasteiger partial charge < -0.3 is 14.6 Å². The number of pyridine rings is 1. The Morgan fingerprint density at radius 1 is 1.03 bits per heavy atom. The average Bonchev–Trinajstić information content (AvgIpc) is 3.24. The van der Waals surface area contributed by atoms with Crippen molar-refractivity contribution in [3.8, 4) is 17.1 Å². The quantitative estimate of drug-likeness (QED) is 0.476. The van der Waals surface area contributed by atoms with Crippen LogP contribution < -0.4 is 10.1 Å². The van der Waals surface area contributed by atoms with E-state index >= 15 is 0 Å². The summed E-state index contributed by atoms with van der Waals surface area (Å²) in [4.78, 5) is 20.7. The van der Waals surface area contributed by atoms with E-state index in [1.807, 2.05) is 36.4 Å². The summed E-state index contributed by atoms with van der Waals surface area (Å²) in [5, 5.41) is 7.48. The van der Waals surface area contributed by atoms with Crippen molar-refractivity contribution >= 4 is 23.2 Å². The lowest BCUT2D eigenvalue weighted by molar-refractivity contribution is -0.118. The van der Waals surface area contributed by atoms with Gasteiger partial charge in [0.15, 0.2) is 6.61 Å². The van der Waals surface area contributed by atoms with Crippen molar-refractivity contribution in [2.75, 3.05) is 11.9 Å². The van der Waals surface area contributed by atoms with Gasteiger partial charge in [-0.1, -0.05) is 35.0 Å². The lowest BCUT2D eigenvalue weighted by atomic mass is 10.1. The molecule has 150 valence electrons. The van der Waals surface area contributed by atoms with Crippen molar-refractivity contribution in [1.82, 2.24) is 15.1 Å². The molecule has 0 aliphatic carbocycles. The Morgan fingerprint density at radius 2 is 1.80 bits per heavy atom. The van der Waals surface area contributed by atoms with E-state index in [-0.39, 0.29) is 12.5 Å². The SMILES string of the molecule is O=C(COc1ccc(Cl)cc1)Nc1ccccc1Cc1nc(-c2ccncc2)no1. The van der Waals surface area contributed by atoms with E-state index in [9.17, 15) is 4.79 Å². The first-order valence-corrected chi connectivity index (χ1v) is 9.54. The van der Waals surface area contributed by atoms with E-state index in [0.29, 0.717) is 34.6 Å². The first-order valence-electron chi connectivity index (χ1n) is 9.16. The van der Waals surface area contributed by atoms with Crippen molar-refractivity contribution < 1.29 is 14.1 Å². The molecular formula is C22H17ClN4O3. The Labute approximate surface area is 177 Å². The second-order valence-electron chi connectivity index (χ2n) is 6.37. The summed E-state index contributed by atoms with van der Waals surface area (Å²) in [5.41, 5.74) is 2.33. The largest absolute Gasteiger partial charge is 0.484 e. The lowest BCUT2D eigenvalue weighted by Crippen LogP contribution is -2.21. The number of anilines is 1. The number of halogens is 1. The molecule has 2 heterocycles. The Kier molecular flexibility index (Phi) is 6.01. The minimum absolute atomic E-state index is 0.122. The summed E-state index contributed by atoms with van der Waals surface area (Å²) in [6.07, 6.45) is 3.72. The van der Waals surface area contributed by atoms with Crippen LogP contribution in [0.5, 0.6) is 5.75 Å². The average molecular weight is 421 g/mol. The number of hydrogen-bond donors (Lipinski definition) is 1. The van der Waals surface area contributed by atoms with Gasteiger partial charge in [-0.15, -0.1) is 0 Å². The molecule has 30 heavy (non-hydrogen) atoms. The number of carbonyl (C=O) groups excluding carboxylic acids is 1. The Balaban J connectivity index is 1.40. The van der Waals surface area contributed by atoms with E-state index in [0.717, 1.165) is 11.1 Å². The zero-order valence-electron chi connectivity index (χ0n) is 15.8. The van der Waals surface area contributed by atoms with Crippen LogP contribution in [-0.4, -0.2) is 27.6 Å². The highest BCUT2D eigenvalue weighted by atomic mass is 35.5. The molecule has 2 aromatic heterocycles. The number of amides is 1. The van der Waals surface area contributed by atoms with Crippen LogP contribution in [0.15, 0.2) is 77.6 Å². The highest BCUT2D eigenvalue weighted by Gasteiger charge is 2.13. The summed E-state index contributed by atoms with van der Waals surface area (Å²) in [6, 6.07) is 17.9. The zero-order valence-corrected chi connectivity index (χ0v) is 16.5. The maximum absolute atomic E-state index is 12.3. The van der Waals surface area contributed by atoms with Crippen LogP contribution in [0.4, 0.5) is 5.69 Å². The summed E-state index contributed by atoms with van der Waals surface area (Å²) >= 11 is 5.85. The fraction of sp³-hybridized carbons (Fsp3) is 0.0909. The fourth-order valence-corrected chi connectivity index (χ4v) is 2.90. The summed E-state index contributed by atoms with van der Waals surface area (Å²) in [6.45, 7) is -0.122. The maximum atomic E-state index is 12.3. The first kappa shape index (κ1) is 19.6. The molecule has 0 aliphatic rings. The van der Waals surface area contributed by atoms with Crippen LogP contribution in [-0.2, 0) is 11.2 Å². The first-order chi connectivity index (χ1) is 14.7. The molecule has 2 aromatic carbocycles. The van der Waals surface area contributed by atoms with E-state index in [1.165, 1.54) is 0 Å². The molecule has 0 bridgehead atoms. The van der Waals surface area contributed by atoms with Gasteiger partial charge in [0.05, 0.1) is 6.42 Å². The van der Waals surface area contributed by atoms with Gasteiger partial charge in [-0.2, -0.15) is 4.98 Å². The second-order valence-corrected chi connectivity index (χ2v) is 6.81. The van der Waals surface area contributed by atoms with Crippen molar-refractivity contribution in [3.63, 3.8) is 0 Å². The molecule has 0 radical (unpaired) electrons. The standard InChI is InChI=1S/C22H17ClN4O3/c23-17-5-7-18(8-6-17)29-14-20(28)25-19-4-2-1-3-16(19)13-21-26-22(27-30-21)15-9-11-24-12-10-15/h1-12H,13-14H2,(H,25,28). The normalized spacial score (nSPS) is 10.6. The molecule has 4 aromatic rings. The summed E-state index contributed by atoms with van der Waals surface area (Å²) in [7, 11) is 0. The van der Waals surface area contributed by atoms with Gasteiger partial charge in [0.25, 0.3) is 5.91 Å². The van der Waals surface area contributed by atoms with Gasteiger partial charge >= 0.3 is 0 Å². The van der Waals surface area contributed by atoms with Gasteiger partial charge in [-0.25, -0.2) is 0 Å². The molecule has 0 unspecified atom stereocenters. The molecule has 7 nitrogen and oxygen atoms in total. The summed E-state index contributed by atoms with van der Waals surface area (Å²) in [5.74, 6) is 1.23. The molecule has 0 saturated carbocycles. The monoisotopic (exact) mass is 420 g/mol. The number of nitrogens with one attached hydrogen (secondary N) is 1. The number of hydrogen-bond acceptors (Lipinski definition) is 6. The van der Waals surface area contributed by atoms with Gasteiger partial charge in [0.2, 0.25) is 11.7 Å². The molecule has 1 amide bonds. The number of carbonyl (C=O) groups is 1. The van der Waals surface area contributed by atoms with Crippen LogP contribution >= 0.6 is 11.6 Å². The summed E-state index contributed by atoms with van der Waals surface area (Å²) < 4.78 is 10.9. The third-order valence-corrected chi connectivity index (χ3v) is 4.48. The zero-order chi connectivity index (χ0) is 20.8. The van der Waals surface area contributed by atoms with Gasteiger partial charge in [-0.3, -0.25) is 9.78 Å². The van der Waals surface area contributed by atoms with Crippen LogP contribution in [0, 0.1) is 0 Å². The smallest absolute Gasteiger partial charge is 0.262 e. The van der Waals surface area contributed by atoms with E-state index in [4.69, 9.17) is 20.9 Å². The van der Waals surface area contributed by atoms with Gasteiger partial charge in [-0.05, 0) is 48.0 Å². The molecule has 8 heteroatoms.